The molecule has 1 aromatic rings. The van der Waals surface area contributed by atoms with E-state index < -0.39 is 12.1 Å². The average Bonchev–Trinajstić information content (AvgIpc) is 2.16. The quantitative estimate of drug-likeness (QED) is 0.829. The van der Waals surface area contributed by atoms with E-state index in [1.807, 2.05) is 0 Å². The van der Waals surface area contributed by atoms with Crippen LogP contribution < -0.4 is 4.74 Å². The zero-order valence-electron chi connectivity index (χ0n) is 8.11. The molecule has 0 aliphatic rings. The van der Waals surface area contributed by atoms with Crippen molar-refractivity contribution in [1.82, 2.24) is 0 Å². The summed E-state index contributed by atoms with van der Waals surface area (Å²) in [6.07, 6.45) is -1.45. The third kappa shape index (κ3) is 3.11. The molecule has 1 rings (SSSR count). The Morgan fingerprint density at radius 2 is 2.27 bits per heavy atom. The molecular formula is C10H11ClO4. The van der Waals surface area contributed by atoms with Crippen LogP contribution in [0.15, 0.2) is 18.2 Å². The lowest BCUT2D eigenvalue weighted by Gasteiger charge is -2.13. The number of hydrogen-bond donors (Lipinski definition) is 2. The van der Waals surface area contributed by atoms with Gasteiger partial charge in [-0.2, -0.15) is 0 Å². The first-order valence-electron chi connectivity index (χ1n) is 4.28. The Hall–Kier alpha value is -1.26. The highest BCUT2D eigenvalue weighted by atomic mass is 35.5. The number of carbonyl (C=O) groups is 1. The number of halogens is 1. The summed E-state index contributed by atoms with van der Waals surface area (Å²) in [6, 6.07) is 4.65. The number of aliphatic hydroxyl groups excluding tert-OH is 1. The van der Waals surface area contributed by atoms with Crippen molar-refractivity contribution in [3.63, 3.8) is 0 Å². The van der Waals surface area contributed by atoms with Crippen LogP contribution in [0, 0.1) is 0 Å². The Morgan fingerprint density at radius 3 is 2.80 bits per heavy atom. The van der Waals surface area contributed by atoms with E-state index in [0.29, 0.717) is 16.3 Å². The van der Waals surface area contributed by atoms with Crippen LogP contribution in [0.5, 0.6) is 5.75 Å². The third-order valence-electron chi connectivity index (χ3n) is 1.92. The van der Waals surface area contributed by atoms with Gasteiger partial charge in [0, 0.05) is 10.6 Å². The molecule has 0 saturated carbocycles. The first kappa shape index (κ1) is 11.8. The molecule has 0 saturated heterocycles. The summed E-state index contributed by atoms with van der Waals surface area (Å²) in [4.78, 5) is 10.4. The van der Waals surface area contributed by atoms with Gasteiger partial charge in [0.05, 0.1) is 19.6 Å². The summed E-state index contributed by atoms with van der Waals surface area (Å²) in [5, 5.41) is 18.6. The number of aliphatic hydroxyl groups is 1. The van der Waals surface area contributed by atoms with Gasteiger partial charge in [-0.3, -0.25) is 4.79 Å². The number of carboxylic acids is 1. The normalized spacial score (nSPS) is 12.2. The molecule has 0 heterocycles. The van der Waals surface area contributed by atoms with E-state index in [4.69, 9.17) is 21.4 Å². The molecule has 5 heteroatoms. The number of aliphatic carboxylic acids is 1. The van der Waals surface area contributed by atoms with Crippen molar-refractivity contribution in [2.24, 2.45) is 0 Å². The maximum atomic E-state index is 10.4. The molecule has 2 N–H and O–H groups in total. The van der Waals surface area contributed by atoms with Gasteiger partial charge < -0.3 is 14.9 Å². The fourth-order valence-electron chi connectivity index (χ4n) is 1.24. The minimum Gasteiger partial charge on any atom is -0.496 e. The molecule has 1 atom stereocenters. The van der Waals surface area contributed by atoms with Crippen LogP contribution in [-0.4, -0.2) is 23.3 Å². The fourth-order valence-corrected chi connectivity index (χ4v) is 1.40. The van der Waals surface area contributed by atoms with Gasteiger partial charge in [0.1, 0.15) is 5.75 Å². The van der Waals surface area contributed by atoms with Crippen molar-refractivity contribution in [2.75, 3.05) is 7.11 Å². The summed E-state index contributed by atoms with van der Waals surface area (Å²) >= 11 is 5.73. The standard InChI is InChI=1S/C10H11ClO4/c1-15-9-4-6(11)2-3-7(9)8(12)5-10(13)14/h2-4,8,12H,5H2,1H3,(H,13,14). The number of rotatable bonds is 4. The Balaban J connectivity index is 2.97. The average molecular weight is 231 g/mol. The lowest BCUT2D eigenvalue weighted by molar-refractivity contribution is -0.139. The van der Waals surface area contributed by atoms with E-state index in [9.17, 15) is 9.90 Å². The molecule has 1 aromatic carbocycles. The zero-order chi connectivity index (χ0) is 11.4. The lowest BCUT2D eigenvalue weighted by atomic mass is 10.1. The molecule has 0 radical (unpaired) electrons. The highest BCUT2D eigenvalue weighted by molar-refractivity contribution is 6.30. The second kappa shape index (κ2) is 5.00. The number of carboxylic acid groups (broad SMARTS) is 1. The van der Waals surface area contributed by atoms with Crippen LogP contribution in [0.2, 0.25) is 5.02 Å². The van der Waals surface area contributed by atoms with Crippen molar-refractivity contribution in [2.45, 2.75) is 12.5 Å². The lowest BCUT2D eigenvalue weighted by Crippen LogP contribution is -2.06. The van der Waals surface area contributed by atoms with E-state index in [1.54, 1.807) is 12.1 Å². The minimum absolute atomic E-state index is 0.363. The maximum absolute atomic E-state index is 10.4. The summed E-state index contributed by atoms with van der Waals surface area (Å²) in [5.74, 6) is -0.684. The van der Waals surface area contributed by atoms with Gasteiger partial charge in [-0.1, -0.05) is 17.7 Å². The molecule has 0 aliphatic carbocycles. The first-order valence-corrected chi connectivity index (χ1v) is 4.65. The molecule has 0 amide bonds. The molecule has 0 spiro atoms. The summed E-state index contributed by atoms with van der Waals surface area (Å²) in [7, 11) is 1.43. The first-order chi connectivity index (χ1) is 7.04. The van der Waals surface area contributed by atoms with Crippen molar-refractivity contribution in [3.8, 4) is 5.75 Å². The molecule has 15 heavy (non-hydrogen) atoms. The Bertz CT molecular complexity index is 364. The van der Waals surface area contributed by atoms with Crippen LogP contribution >= 0.6 is 11.6 Å². The largest absolute Gasteiger partial charge is 0.496 e. The van der Waals surface area contributed by atoms with E-state index in [1.165, 1.54) is 13.2 Å². The molecule has 1 unspecified atom stereocenters. The van der Waals surface area contributed by atoms with E-state index in [0.717, 1.165) is 0 Å². The van der Waals surface area contributed by atoms with Crippen molar-refractivity contribution in [1.29, 1.82) is 0 Å². The SMILES string of the molecule is COc1cc(Cl)ccc1C(O)CC(=O)O. The topological polar surface area (TPSA) is 66.8 Å². The highest BCUT2D eigenvalue weighted by Crippen LogP contribution is 2.29. The summed E-state index contributed by atoms with van der Waals surface area (Å²) in [5.41, 5.74) is 0.421. The Labute approximate surface area is 92.1 Å². The van der Waals surface area contributed by atoms with Gasteiger partial charge in [-0.25, -0.2) is 0 Å². The maximum Gasteiger partial charge on any atom is 0.306 e. The van der Waals surface area contributed by atoms with Crippen molar-refractivity contribution in [3.05, 3.63) is 28.8 Å². The number of ether oxygens (including phenoxy) is 1. The second-order valence-electron chi connectivity index (χ2n) is 3.00. The number of benzene rings is 1. The van der Waals surface area contributed by atoms with E-state index in [2.05, 4.69) is 0 Å². The van der Waals surface area contributed by atoms with Crippen molar-refractivity contribution >= 4 is 17.6 Å². The van der Waals surface area contributed by atoms with Gasteiger partial charge in [-0.05, 0) is 12.1 Å². The summed E-state index contributed by atoms with van der Waals surface area (Å²) in [6.45, 7) is 0. The van der Waals surface area contributed by atoms with Crippen LogP contribution in [0.1, 0.15) is 18.1 Å². The predicted molar refractivity (Wildman–Crippen MR) is 55.2 cm³/mol. The predicted octanol–water partition coefficient (Wildman–Crippen LogP) is 1.86. The molecular weight excluding hydrogens is 220 g/mol. The molecule has 82 valence electrons. The molecule has 0 bridgehead atoms. The van der Waals surface area contributed by atoms with Crippen LogP contribution in [0.4, 0.5) is 0 Å². The molecule has 0 aromatic heterocycles. The smallest absolute Gasteiger partial charge is 0.306 e. The Morgan fingerprint density at radius 1 is 1.60 bits per heavy atom. The highest BCUT2D eigenvalue weighted by Gasteiger charge is 2.16. The third-order valence-corrected chi connectivity index (χ3v) is 2.16. The van der Waals surface area contributed by atoms with Gasteiger partial charge in [-0.15, -0.1) is 0 Å². The second-order valence-corrected chi connectivity index (χ2v) is 3.44. The van der Waals surface area contributed by atoms with Gasteiger partial charge in [0.15, 0.2) is 0 Å². The van der Waals surface area contributed by atoms with Crippen LogP contribution in [0.25, 0.3) is 0 Å². The van der Waals surface area contributed by atoms with Crippen LogP contribution in [-0.2, 0) is 4.79 Å². The van der Waals surface area contributed by atoms with Gasteiger partial charge >= 0.3 is 5.97 Å². The molecule has 0 fully saturated rings. The van der Waals surface area contributed by atoms with Gasteiger partial charge in [0.25, 0.3) is 0 Å². The summed E-state index contributed by atoms with van der Waals surface area (Å²) < 4.78 is 4.99. The molecule has 4 nitrogen and oxygen atoms in total. The van der Waals surface area contributed by atoms with E-state index in [-0.39, 0.29) is 6.42 Å². The van der Waals surface area contributed by atoms with Crippen LogP contribution in [0.3, 0.4) is 0 Å². The Kier molecular flexibility index (Phi) is 3.94. The molecule has 0 aliphatic heterocycles. The van der Waals surface area contributed by atoms with Crippen molar-refractivity contribution < 1.29 is 19.7 Å². The zero-order valence-corrected chi connectivity index (χ0v) is 8.86. The van der Waals surface area contributed by atoms with E-state index >= 15 is 0 Å². The monoisotopic (exact) mass is 230 g/mol. The number of hydrogen-bond acceptors (Lipinski definition) is 3. The minimum atomic E-state index is -1.09. The number of methoxy groups -OCH3 is 1. The van der Waals surface area contributed by atoms with Gasteiger partial charge in [0.2, 0.25) is 0 Å². The fraction of sp³-hybridized carbons (Fsp3) is 0.300.